The maximum absolute atomic E-state index is 8.04. The van der Waals surface area contributed by atoms with E-state index in [2.05, 4.69) is 45.9 Å². The first-order valence-corrected chi connectivity index (χ1v) is 5.01. The number of allylic oxidation sites excluding steroid dienone is 4. The molecule has 82 valence electrons. The van der Waals surface area contributed by atoms with Gasteiger partial charge in [0.2, 0.25) is 0 Å². The summed E-state index contributed by atoms with van der Waals surface area (Å²) >= 11 is 0. The summed E-state index contributed by atoms with van der Waals surface area (Å²) in [5.74, 6) is 1.33. The first kappa shape index (κ1) is 13.8. The van der Waals surface area contributed by atoms with Gasteiger partial charge in [0.05, 0.1) is 0 Å². The van der Waals surface area contributed by atoms with Gasteiger partial charge in [-0.2, -0.15) is 0 Å². The Balaban J connectivity index is 0.00000169. The van der Waals surface area contributed by atoms with Crippen LogP contribution in [0.15, 0.2) is 23.8 Å². The van der Waals surface area contributed by atoms with Crippen molar-refractivity contribution in [1.29, 1.82) is 5.41 Å². The molecule has 0 aromatic rings. The average molecular weight is 284 g/mol. The van der Waals surface area contributed by atoms with Gasteiger partial charge in [-0.25, -0.2) is 0 Å². The van der Waals surface area contributed by atoms with Gasteiger partial charge in [-0.05, 0) is 17.4 Å². The van der Waals surface area contributed by atoms with Gasteiger partial charge in [0.25, 0.3) is 0 Å². The molecule has 0 amide bonds. The van der Waals surface area contributed by atoms with Crippen molar-refractivity contribution in [3.8, 4) is 0 Å². The van der Waals surface area contributed by atoms with E-state index in [-0.39, 0.29) is 20.4 Å². The molecule has 1 aliphatic rings. The zero-order valence-corrected chi connectivity index (χ0v) is 10.8. The van der Waals surface area contributed by atoms with Crippen molar-refractivity contribution in [2.24, 2.45) is 17.8 Å². The van der Waals surface area contributed by atoms with Crippen molar-refractivity contribution < 1.29 is 20.4 Å². The summed E-state index contributed by atoms with van der Waals surface area (Å²) < 4.78 is 0. The van der Waals surface area contributed by atoms with Crippen LogP contribution < -0.4 is 0 Å². The van der Waals surface area contributed by atoms with Crippen molar-refractivity contribution >= 4 is 5.71 Å². The smallest absolute Gasteiger partial charge is 0.0419 e. The Kier molecular flexibility index (Phi) is 5.56. The largest absolute Gasteiger partial charge is 0.304 e. The predicted octanol–water partition coefficient (Wildman–Crippen LogP) is 3.43. The van der Waals surface area contributed by atoms with Gasteiger partial charge in [0, 0.05) is 32.1 Å². The van der Waals surface area contributed by atoms with Crippen molar-refractivity contribution in [3.05, 3.63) is 23.8 Å². The van der Waals surface area contributed by atoms with E-state index in [0.29, 0.717) is 17.8 Å². The minimum absolute atomic E-state index is 0. The predicted molar refractivity (Wildman–Crippen MR) is 58.1 cm³/mol. The molecule has 1 rings (SSSR count). The summed E-state index contributed by atoms with van der Waals surface area (Å²) in [6.45, 7) is 8.65. The van der Waals surface area contributed by atoms with E-state index in [1.54, 1.807) is 0 Å². The van der Waals surface area contributed by atoms with E-state index >= 15 is 0 Å². The molecule has 1 unspecified atom stereocenters. The quantitative estimate of drug-likeness (QED) is 0.751. The number of hydrogen-bond acceptors (Lipinski definition) is 1. The van der Waals surface area contributed by atoms with E-state index in [0.717, 1.165) is 5.71 Å². The van der Waals surface area contributed by atoms with Gasteiger partial charge >= 0.3 is 0 Å². The van der Waals surface area contributed by atoms with Crippen molar-refractivity contribution in [2.45, 2.75) is 27.7 Å². The van der Waals surface area contributed by atoms with E-state index in [1.165, 1.54) is 5.57 Å². The summed E-state index contributed by atoms with van der Waals surface area (Å²) in [7, 11) is 0. The van der Waals surface area contributed by atoms with Gasteiger partial charge in [0.1, 0.15) is 0 Å². The third-order valence-corrected chi connectivity index (χ3v) is 2.58. The minimum Gasteiger partial charge on any atom is -0.304 e. The first-order chi connectivity index (χ1) is 6.04. The second-order valence-electron chi connectivity index (χ2n) is 4.35. The van der Waals surface area contributed by atoms with Crippen molar-refractivity contribution in [3.63, 3.8) is 0 Å². The zero-order valence-electron chi connectivity index (χ0n) is 9.28. The first-order valence-electron chi connectivity index (χ1n) is 5.01. The summed E-state index contributed by atoms with van der Waals surface area (Å²) in [5, 5.41) is 8.04. The summed E-state index contributed by atoms with van der Waals surface area (Å²) in [4.78, 5) is 0. The summed E-state index contributed by atoms with van der Waals surface area (Å²) in [5.41, 5.74) is 2.01. The molecule has 0 fully saturated rings. The average Bonchev–Trinajstić information content (AvgIpc) is 2.03. The van der Waals surface area contributed by atoms with Gasteiger partial charge in [-0.15, -0.1) is 0 Å². The maximum Gasteiger partial charge on any atom is 0.0419 e. The molecule has 0 aromatic heterocycles. The molecule has 1 N–H and O–H groups in total. The minimum atomic E-state index is 0. The Morgan fingerprint density at radius 3 is 2.21 bits per heavy atom. The molecule has 0 saturated heterocycles. The van der Waals surface area contributed by atoms with Crippen LogP contribution in [-0.4, -0.2) is 5.71 Å². The molecule has 1 atom stereocenters. The standard InChI is InChI=1S/C12H19N.Pd/c1-8(2)10-6-5-7-11(9(3)4)12(10)13;/h5-10,13H,1-4H3;. The third kappa shape index (κ3) is 2.90. The SMILES string of the molecule is CC(C)C1=CC=CC(C(C)C)C1=N.[Pd]. The normalized spacial score (nSPS) is 21.1. The molecule has 0 bridgehead atoms. The molecule has 1 aliphatic carbocycles. The Morgan fingerprint density at radius 2 is 1.79 bits per heavy atom. The van der Waals surface area contributed by atoms with Crippen LogP contribution in [0.25, 0.3) is 0 Å². The van der Waals surface area contributed by atoms with Crippen LogP contribution in [0.3, 0.4) is 0 Å². The number of nitrogens with one attached hydrogen (secondary N) is 1. The molecule has 2 heteroatoms. The molecule has 0 aliphatic heterocycles. The van der Waals surface area contributed by atoms with E-state index in [9.17, 15) is 0 Å². The summed E-state index contributed by atoms with van der Waals surface area (Å²) in [6, 6.07) is 0. The van der Waals surface area contributed by atoms with E-state index in [1.807, 2.05) is 0 Å². The molecular weight excluding hydrogens is 265 g/mol. The Hall–Kier alpha value is -0.188. The van der Waals surface area contributed by atoms with E-state index < -0.39 is 0 Å². The second-order valence-corrected chi connectivity index (χ2v) is 4.35. The van der Waals surface area contributed by atoms with Crippen LogP contribution >= 0.6 is 0 Å². The molecule has 0 heterocycles. The fourth-order valence-corrected chi connectivity index (χ4v) is 1.72. The number of hydrogen-bond donors (Lipinski definition) is 1. The maximum atomic E-state index is 8.04. The Morgan fingerprint density at radius 1 is 1.21 bits per heavy atom. The van der Waals surface area contributed by atoms with Crippen LogP contribution in [0.1, 0.15) is 27.7 Å². The second kappa shape index (κ2) is 5.63. The molecule has 0 aromatic carbocycles. The van der Waals surface area contributed by atoms with Crippen LogP contribution in [0, 0.1) is 23.2 Å². The molecule has 0 saturated carbocycles. The van der Waals surface area contributed by atoms with E-state index in [4.69, 9.17) is 5.41 Å². The monoisotopic (exact) mass is 283 g/mol. The fraction of sp³-hybridized carbons (Fsp3) is 0.583. The van der Waals surface area contributed by atoms with Crippen LogP contribution in [0.4, 0.5) is 0 Å². The Labute approximate surface area is 101 Å². The summed E-state index contributed by atoms with van der Waals surface area (Å²) in [6.07, 6.45) is 6.31. The van der Waals surface area contributed by atoms with Crippen molar-refractivity contribution in [1.82, 2.24) is 0 Å². The molecule has 0 spiro atoms. The van der Waals surface area contributed by atoms with Gasteiger partial charge < -0.3 is 5.41 Å². The van der Waals surface area contributed by atoms with Crippen LogP contribution in [0.5, 0.6) is 0 Å². The molecule has 0 radical (unpaired) electrons. The van der Waals surface area contributed by atoms with Crippen LogP contribution in [-0.2, 0) is 20.4 Å². The molecule has 1 nitrogen and oxygen atoms in total. The zero-order chi connectivity index (χ0) is 10.0. The van der Waals surface area contributed by atoms with Gasteiger partial charge in [-0.3, -0.25) is 0 Å². The van der Waals surface area contributed by atoms with Crippen molar-refractivity contribution in [2.75, 3.05) is 0 Å². The number of rotatable bonds is 2. The van der Waals surface area contributed by atoms with Gasteiger partial charge in [0.15, 0.2) is 0 Å². The molecule has 14 heavy (non-hydrogen) atoms. The molecular formula is C12H19NPd. The third-order valence-electron chi connectivity index (χ3n) is 2.58. The Bertz CT molecular complexity index is 261. The topological polar surface area (TPSA) is 23.9 Å². The van der Waals surface area contributed by atoms with Gasteiger partial charge in [-0.1, -0.05) is 45.9 Å². The fourth-order valence-electron chi connectivity index (χ4n) is 1.72. The van der Waals surface area contributed by atoms with Crippen LogP contribution in [0.2, 0.25) is 0 Å².